The van der Waals surface area contributed by atoms with Crippen molar-refractivity contribution in [3.05, 3.63) is 47.5 Å². The van der Waals surface area contributed by atoms with Gasteiger partial charge in [-0.1, -0.05) is 6.07 Å². The van der Waals surface area contributed by atoms with E-state index in [1.165, 1.54) is 7.11 Å². The topological polar surface area (TPSA) is 90.9 Å². The first-order chi connectivity index (χ1) is 14.1. The summed E-state index contributed by atoms with van der Waals surface area (Å²) in [4.78, 5) is 23.6. The third-order valence-electron chi connectivity index (χ3n) is 5.94. The van der Waals surface area contributed by atoms with Gasteiger partial charge in [-0.15, -0.1) is 0 Å². The van der Waals surface area contributed by atoms with Gasteiger partial charge in [0, 0.05) is 51.2 Å². The van der Waals surface area contributed by atoms with E-state index in [9.17, 15) is 9.90 Å². The Bertz CT molecular complexity index is 831. The van der Waals surface area contributed by atoms with Crippen LogP contribution < -0.4 is 4.74 Å². The lowest BCUT2D eigenvalue weighted by Gasteiger charge is -2.47. The Labute approximate surface area is 170 Å². The maximum Gasteiger partial charge on any atom is 0.339 e. The highest BCUT2D eigenvalue weighted by Gasteiger charge is 2.39. The van der Waals surface area contributed by atoms with Crippen molar-refractivity contribution in [3.63, 3.8) is 0 Å². The van der Waals surface area contributed by atoms with Crippen molar-refractivity contribution < 1.29 is 19.4 Å². The molecule has 2 N–H and O–H groups in total. The number of aromatic carboxylic acids is 1. The molecule has 3 heterocycles. The fourth-order valence-corrected chi connectivity index (χ4v) is 4.37. The van der Waals surface area contributed by atoms with Crippen LogP contribution in [0.25, 0.3) is 0 Å². The number of nitrogens with one attached hydrogen (secondary N) is 1. The summed E-state index contributed by atoms with van der Waals surface area (Å²) in [6.45, 7) is 6.05. The van der Waals surface area contributed by atoms with Crippen LogP contribution in [0.4, 0.5) is 0 Å². The second-order valence-corrected chi connectivity index (χ2v) is 7.93. The number of methoxy groups -OCH3 is 1. The van der Waals surface area contributed by atoms with E-state index in [0.717, 1.165) is 56.8 Å². The van der Waals surface area contributed by atoms with E-state index in [0.29, 0.717) is 18.9 Å². The number of nitrogens with zero attached hydrogens (tertiary/aromatic N) is 3. The second kappa shape index (κ2) is 8.52. The van der Waals surface area contributed by atoms with Crippen molar-refractivity contribution in [1.29, 1.82) is 0 Å². The van der Waals surface area contributed by atoms with Gasteiger partial charge in [0.25, 0.3) is 0 Å². The van der Waals surface area contributed by atoms with Gasteiger partial charge in [-0.25, -0.2) is 9.78 Å². The summed E-state index contributed by atoms with van der Waals surface area (Å²) < 4.78 is 11.4. The number of carboxylic acid groups (broad SMARTS) is 1. The zero-order chi connectivity index (χ0) is 20.3. The maximum atomic E-state index is 11.5. The van der Waals surface area contributed by atoms with E-state index in [1.54, 1.807) is 18.5 Å². The molecule has 8 nitrogen and oxygen atoms in total. The van der Waals surface area contributed by atoms with Crippen LogP contribution in [0.15, 0.2) is 30.7 Å². The second-order valence-electron chi connectivity index (χ2n) is 7.93. The molecule has 0 radical (unpaired) electrons. The smallest absolute Gasteiger partial charge is 0.339 e. The molecule has 2 aromatic rings. The fourth-order valence-electron chi connectivity index (χ4n) is 4.37. The first kappa shape index (κ1) is 19.9. The van der Waals surface area contributed by atoms with Crippen LogP contribution in [0.3, 0.4) is 0 Å². The largest absolute Gasteiger partial charge is 0.496 e. The first-order valence-electron chi connectivity index (χ1n) is 10.0. The number of imidazole rings is 1. The number of piperidine rings is 1. The molecule has 0 saturated carbocycles. The zero-order valence-electron chi connectivity index (χ0n) is 16.8. The molecule has 0 atom stereocenters. The standard InChI is InChI=1S/C21H28N4O4/c1-28-19-3-2-16(10-18(19)20(26)27)12-25-8-9-29-21(14-25)4-6-24(7-5-21)13-17-11-22-15-23-17/h2-3,10-11,15H,4-9,12-14H2,1H3,(H,22,23)(H,26,27). The lowest BCUT2D eigenvalue weighted by atomic mass is 9.89. The Morgan fingerprint density at radius 2 is 2.10 bits per heavy atom. The molecule has 2 aliphatic heterocycles. The van der Waals surface area contributed by atoms with E-state index in [-0.39, 0.29) is 11.2 Å². The monoisotopic (exact) mass is 400 g/mol. The lowest BCUT2D eigenvalue weighted by Crippen LogP contribution is -2.56. The highest BCUT2D eigenvalue weighted by molar-refractivity contribution is 5.91. The zero-order valence-corrected chi connectivity index (χ0v) is 16.8. The van der Waals surface area contributed by atoms with Gasteiger partial charge in [-0.05, 0) is 30.5 Å². The summed E-state index contributed by atoms with van der Waals surface area (Å²) in [7, 11) is 1.49. The molecule has 0 aliphatic carbocycles. The van der Waals surface area contributed by atoms with Crippen molar-refractivity contribution in [2.75, 3.05) is 39.9 Å². The van der Waals surface area contributed by atoms with E-state index >= 15 is 0 Å². The minimum Gasteiger partial charge on any atom is -0.496 e. The predicted molar refractivity (Wildman–Crippen MR) is 107 cm³/mol. The number of rotatable bonds is 6. The van der Waals surface area contributed by atoms with Crippen LogP contribution in [-0.4, -0.2) is 76.3 Å². The number of H-pyrrole nitrogens is 1. The van der Waals surface area contributed by atoms with E-state index in [4.69, 9.17) is 9.47 Å². The lowest BCUT2D eigenvalue weighted by molar-refractivity contribution is -0.138. The van der Waals surface area contributed by atoms with Crippen molar-refractivity contribution in [2.24, 2.45) is 0 Å². The minimum absolute atomic E-state index is 0.106. The van der Waals surface area contributed by atoms with Gasteiger partial charge in [-0.2, -0.15) is 0 Å². The van der Waals surface area contributed by atoms with Crippen LogP contribution in [0.5, 0.6) is 5.75 Å². The number of carboxylic acids is 1. The van der Waals surface area contributed by atoms with E-state index in [2.05, 4.69) is 19.8 Å². The summed E-state index contributed by atoms with van der Waals surface area (Å²) >= 11 is 0. The summed E-state index contributed by atoms with van der Waals surface area (Å²) in [5.41, 5.74) is 2.23. The molecule has 1 aromatic carbocycles. The number of hydrogen-bond donors (Lipinski definition) is 2. The van der Waals surface area contributed by atoms with Crippen molar-refractivity contribution in [1.82, 2.24) is 19.8 Å². The average Bonchev–Trinajstić information content (AvgIpc) is 3.23. The fraction of sp³-hybridized carbons (Fsp3) is 0.524. The number of hydrogen-bond acceptors (Lipinski definition) is 6. The molecule has 8 heteroatoms. The molecule has 29 heavy (non-hydrogen) atoms. The van der Waals surface area contributed by atoms with E-state index < -0.39 is 5.97 Å². The van der Waals surface area contributed by atoms with Crippen LogP contribution in [0.2, 0.25) is 0 Å². The Balaban J connectivity index is 1.36. The van der Waals surface area contributed by atoms with E-state index in [1.807, 2.05) is 12.3 Å². The Kier molecular flexibility index (Phi) is 5.84. The molecule has 2 fully saturated rings. The summed E-state index contributed by atoms with van der Waals surface area (Å²) in [5, 5.41) is 9.42. The van der Waals surface area contributed by atoms with Crippen molar-refractivity contribution in [2.45, 2.75) is 31.5 Å². The van der Waals surface area contributed by atoms with Crippen LogP contribution >= 0.6 is 0 Å². The van der Waals surface area contributed by atoms with Crippen LogP contribution in [0.1, 0.15) is 34.5 Å². The number of morpholine rings is 1. The molecule has 4 rings (SSSR count). The number of aromatic amines is 1. The van der Waals surface area contributed by atoms with Gasteiger partial charge in [0.1, 0.15) is 11.3 Å². The first-order valence-corrected chi connectivity index (χ1v) is 10.0. The molecule has 0 bridgehead atoms. The number of ether oxygens (including phenoxy) is 2. The van der Waals surface area contributed by atoms with Gasteiger partial charge in [0.2, 0.25) is 0 Å². The molecule has 0 amide bonds. The summed E-state index contributed by atoms with van der Waals surface area (Å²) in [5.74, 6) is -0.573. The molecular formula is C21H28N4O4. The third-order valence-corrected chi connectivity index (χ3v) is 5.94. The summed E-state index contributed by atoms with van der Waals surface area (Å²) in [6.07, 6.45) is 5.60. The average molecular weight is 400 g/mol. The molecule has 0 unspecified atom stereocenters. The third kappa shape index (κ3) is 4.60. The number of likely N-dealkylation sites (tertiary alicyclic amines) is 1. The molecular weight excluding hydrogens is 372 g/mol. The van der Waals surface area contributed by atoms with Crippen LogP contribution in [-0.2, 0) is 17.8 Å². The highest BCUT2D eigenvalue weighted by atomic mass is 16.5. The van der Waals surface area contributed by atoms with Gasteiger partial charge in [0.05, 0.1) is 25.6 Å². The Morgan fingerprint density at radius 1 is 1.28 bits per heavy atom. The van der Waals surface area contributed by atoms with Gasteiger partial charge < -0.3 is 19.6 Å². The molecule has 1 spiro atoms. The number of carbonyl (C=O) groups is 1. The van der Waals surface area contributed by atoms with Crippen molar-refractivity contribution >= 4 is 5.97 Å². The Morgan fingerprint density at radius 3 is 2.79 bits per heavy atom. The SMILES string of the molecule is COc1ccc(CN2CCOC3(CCN(Cc4cnc[nH]4)CC3)C2)cc1C(=O)O. The van der Waals surface area contributed by atoms with Gasteiger partial charge >= 0.3 is 5.97 Å². The maximum absolute atomic E-state index is 11.5. The van der Waals surface area contributed by atoms with Gasteiger partial charge in [0.15, 0.2) is 0 Å². The highest BCUT2D eigenvalue weighted by Crippen LogP contribution is 2.31. The Hall–Kier alpha value is -2.42. The minimum atomic E-state index is -0.966. The van der Waals surface area contributed by atoms with Gasteiger partial charge in [-0.3, -0.25) is 9.80 Å². The quantitative estimate of drug-likeness (QED) is 0.766. The number of benzene rings is 1. The normalized spacial score (nSPS) is 20.0. The predicted octanol–water partition coefficient (Wildman–Crippen LogP) is 1.98. The molecule has 1 aromatic heterocycles. The molecule has 156 valence electrons. The van der Waals surface area contributed by atoms with Crippen LogP contribution in [0, 0.1) is 0 Å². The number of aromatic nitrogens is 2. The molecule has 2 aliphatic rings. The summed E-state index contributed by atoms with van der Waals surface area (Å²) in [6, 6.07) is 5.40. The van der Waals surface area contributed by atoms with Crippen molar-refractivity contribution in [3.8, 4) is 5.75 Å². The molecule has 2 saturated heterocycles.